The molecule has 0 amide bonds. The molecule has 4 aliphatic rings. The molecule has 14 heteroatoms. The third-order valence-corrected chi connectivity index (χ3v) is 12.2. The second-order valence-electron chi connectivity index (χ2n) is 16.5. The monoisotopic (exact) mass is 759 g/mol. The Labute approximate surface area is 319 Å². The number of rotatable bonds is 7. The number of ketones is 1. The molecule has 54 heavy (non-hydrogen) atoms. The number of aliphatic hydroxyl groups is 1. The van der Waals surface area contributed by atoms with Crippen LogP contribution in [0.15, 0.2) is 29.7 Å². The number of oxime groups is 1. The lowest BCUT2D eigenvalue weighted by molar-refractivity contribution is -0.302. The largest absolute Gasteiger partial charge is 0.458 e. The van der Waals surface area contributed by atoms with Crippen molar-refractivity contribution in [2.45, 2.75) is 142 Å². The summed E-state index contributed by atoms with van der Waals surface area (Å²) in [6, 6.07) is 3.44. The quantitative estimate of drug-likeness (QED) is 0.313. The molecule has 14 nitrogen and oxygen atoms in total. The number of cyclic esters (lactones) is 1. The number of hydrogen-bond donors (Lipinski definition) is 1. The van der Waals surface area contributed by atoms with Gasteiger partial charge < -0.3 is 43.3 Å². The van der Waals surface area contributed by atoms with Crippen molar-refractivity contribution in [1.82, 2.24) is 9.88 Å². The average molecular weight is 760 g/mol. The van der Waals surface area contributed by atoms with Gasteiger partial charge in [0.1, 0.15) is 35.9 Å². The average Bonchev–Trinajstić information content (AvgIpc) is 3.46. The van der Waals surface area contributed by atoms with Gasteiger partial charge in [-0.15, -0.1) is 0 Å². The minimum absolute atomic E-state index is 0.0308. The number of hydrogen-bond acceptors (Lipinski definition) is 14. The highest BCUT2D eigenvalue weighted by atomic mass is 16.7. The molecule has 5 rings (SSSR count). The van der Waals surface area contributed by atoms with E-state index in [-0.39, 0.29) is 50.6 Å². The summed E-state index contributed by atoms with van der Waals surface area (Å²) in [5, 5.41) is 16.0. The highest BCUT2D eigenvalue weighted by Crippen LogP contribution is 2.46. The van der Waals surface area contributed by atoms with E-state index >= 15 is 0 Å². The lowest BCUT2D eigenvalue weighted by atomic mass is 9.70. The zero-order valence-corrected chi connectivity index (χ0v) is 33.6. The standard InChI is InChI=1S/C40H61N3O11/c1-11-31-40(8)29(16-32(44)54-40)24(4)33(45)22(2)17-39(7)36(53-38-34(46)30(43(9)10)15-23(3)51-38)25(5)35(26(6)37(47)52-31)48-20-28(21-49-39)42-50-19-27-13-12-14-41-18-27/h12-14,18,22-26,29-31,34-36,38,46H,11,15-17,19-21H2,1-10H3/b42-28+/t22-,23-,24-,25+,26-,29+,30+,31-,34-,35+,36-,38+,39-,40+/m1/s1. The summed E-state index contributed by atoms with van der Waals surface area (Å²) < 4.78 is 38.8. The number of carbonyl (C=O) groups excluding carboxylic acids is 3. The van der Waals surface area contributed by atoms with E-state index in [1.54, 1.807) is 26.2 Å². The molecular weight excluding hydrogens is 698 g/mol. The number of Topliss-reactive ketones (excluding diaryl/α,β-unsaturated/α-hetero) is 1. The van der Waals surface area contributed by atoms with Crippen LogP contribution in [0.25, 0.3) is 0 Å². The zero-order valence-electron chi connectivity index (χ0n) is 33.6. The minimum atomic E-state index is -1.22. The fourth-order valence-electron chi connectivity index (χ4n) is 9.09. The van der Waals surface area contributed by atoms with E-state index in [1.165, 1.54) is 0 Å². The Bertz CT molecular complexity index is 1490. The Morgan fingerprint density at radius 3 is 2.48 bits per heavy atom. The number of fused-ring (bicyclic) bond motifs is 4. The van der Waals surface area contributed by atoms with Crippen molar-refractivity contribution in [3.05, 3.63) is 30.1 Å². The van der Waals surface area contributed by atoms with Gasteiger partial charge in [0, 0.05) is 47.7 Å². The van der Waals surface area contributed by atoms with Crippen LogP contribution in [0.5, 0.6) is 0 Å². The minimum Gasteiger partial charge on any atom is -0.458 e. The van der Waals surface area contributed by atoms with Crippen LogP contribution in [-0.2, 0) is 54.2 Å². The van der Waals surface area contributed by atoms with Crippen molar-refractivity contribution in [2.24, 2.45) is 34.7 Å². The van der Waals surface area contributed by atoms with Crippen LogP contribution >= 0.6 is 0 Å². The number of nitrogens with zero attached hydrogens (tertiary/aromatic N) is 3. The Kier molecular flexibility index (Phi) is 13.6. The second kappa shape index (κ2) is 17.4. The number of aliphatic hydroxyl groups excluding tert-OH is 1. The van der Waals surface area contributed by atoms with E-state index < -0.39 is 83.4 Å². The van der Waals surface area contributed by atoms with Gasteiger partial charge in [-0.1, -0.05) is 38.9 Å². The van der Waals surface area contributed by atoms with Crippen molar-refractivity contribution in [2.75, 3.05) is 27.3 Å². The Balaban J connectivity index is 1.60. The van der Waals surface area contributed by atoms with E-state index in [0.717, 1.165) is 5.56 Å². The highest BCUT2D eigenvalue weighted by molar-refractivity contribution is 5.87. The van der Waals surface area contributed by atoms with Gasteiger partial charge in [0.25, 0.3) is 0 Å². The number of carbonyl (C=O) groups is 3. The summed E-state index contributed by atoms with van der Waals surface area (Å²) in [7, 11) is 3.81. The van der Waals surface area contributed by atoms with Gasteiger partial charge in [-0.3, -0.25) is 19.4 Å². The predicted octanol–water partition coefficient (Wildman–Crippen LogP) is 4.10. The molecule has 1 aromatic heterocycles. The Morgan fingerprint density at radius 2 is 1.81 bits per heavy atom. The lowest BCUT2D eigenvalue weighted by Crippen LogP contribution is -2.60. The topological polar surface area (TPSA) is 165 Å². The molecule has 302 valence electrons. The number of pyridine rings is 1. The van der Waals surface area contributed by atoms with Crippen LogP contribution in [0.1, 0.15) is 86.6 Å². The van der Waals surface area contributed by atoms with Crippen molar-refractivity contribution < 1.29 is 52.7 Å². The molecule has 0 aromatic carbocycles. The maximum Gasteiger partial charge on any atom is 0.311 e. The van der Waals surface area contributed by atoms with Crippen LogP contribution in [0.4, 0.5) is 0 Å². The van der Waals surface area contributed by atoms with Gasteiger partial charge in [0.15, 0.2) is 6.29 Å². The molecule has 1 N–H and O–H groups in total. The maximum absolute atomic E-state index is 14.5. The Morgan fingerprint density at radius 1 is 1.07 bits per heavy atom. The van der Waals surface area contributed by atoms with Crippen LogP contribution in [-0.4, -0.2) is 120 Å². The van der Waals surface area contributed by atoms with Gasteiger partial charge in [-0.25, -0.2) is 0 Å². The van der Waals surface area contributed by atoms with Crippen molar-refractivity contribution in [3.8, 4) is 0 Å². The highest BCUT2D eigenvalue weighted by Gasteiger charge is 2.57. The van der Waals surface area contributed by atoms with Crippen molar-refractivity contribution in [1.29, 1.82) is 0 Å². The first-order valence-corrected chi connectivity index (χ1v) is 19.4. The fourth-order valence-corrected chi connectivity index (χ4v) is 9.09. The molecule has 0 aliphatic carbocycles. The summed E-state index contributed by atoms with van der Waals surface area (Å²) in [5.41, 5.74) is -1.17. The van der Waals surface area contributed by atoms with Crippen LogP contribution in [0.2, 0.25) is 0 Å². The lowest BCUT2D eigenvalue weighted by Gasteiger charge is -2.48. The fraction of sp³-hybridized carbons (Fsp3) is 0.775. The Hall–Kier alpha value is -3.01. The molecule has 4 aliphatic heterocycles. The third kappa shape index (κ3) is 9.00. The van der Waals surface area contributed by atoms with Crippen LogP contribution in [0.3, 0.4) is 0 Å². The first kappa shape index (κ1) is 42.1. The van der Waals surface area contributed by atoms with E-state index in [2.05, 4.69) is 10.1 Å². The zero-order chi connectivity index (χ0) is 39.5. The molecule has 0 saturated carbocycles. The van der Waals surface area contributed by atoms with Crippen LogP contribution in [0, 0.1) is 29.6 Å². The molecule has 0 radical (unpaired) electrons. The van der Waals surface area contributed by atoms with Gasteiger partial charge in [0.05, 0.1) is 49.5 Å². The van der Waals surface area contributed by atoms with E-state index in [9.17, 15) is 19.5 Å². The first-order valence-electron chi connectivity index (χ1n) is 19.4. The summed E-state index contributed by atoms with van der Waals surface area (Å²) in [4.78, 5) is 53.5. The van der Waals surface area contributed by atoms with Gasteiger partial charge in [0.2, 0.25) is 0 Å². The van der Waals surface area contributed by atoms with E-state index in [1.807, 2.05) is 72.7 Å². The molecule has 2 bridgehead atoms. The smallest absolute Gasteiger partial charge is 0.311 e. The maximum atomic E-state index is 14.5. The van der Waals surface area contributed by atoms with Gasteiger partial charge in [-0.05, 0) is 67.1 Å². The first-order chi connectivity index (χ1) is 25.5. The molecular formula is C40H61N3O11. The second-order valence-corrected chi connectivity index (χ2v) is 16.5. The van der Waals surface area contributed by atoms with Gasteiger partial charge >= 0.3 is 11.9 Å². The summed E-state index contributed by atoms with van der Waals surface area (Å²) >= 11 is 0. The number of ether oxygens (including phenoxy) is 6. The third-order valence-electron chi connectivity index (χ3n) is 12.2. The molecule has 4 saturated heterocycles. The molecule has 4 fully saturated rings. The van der Waals surface area contributed by atoms with Crippen LogP contribution < -0.4 is 0 Å². The normalized spacial score (nSPS) is 42.0. The number of aromatic nitrogens is 1. The summed E-state index contributed by atoms with van der Waals surface area (Å²) in [6.45, 7) is 14.9. The summed E-state index contributed by atoms with van der Waals surface area (Å²) in [5.74, 6) is -4.18. The van der Waals surface area contributed by atoms with E-state index in [4.69, 9.17) is 33.3 Å². The van der Waals surface area contributed by atoms with E-state index in [0.29, 0.717) is 18.6 Å². The molecule has 0 unspecified atom stereocenters. The number of likely N-dealkylation sites (N-methyl/N-ethyl adjacent to an activating group) is 1. The van der Waals surface area contributed by atoms with Crippen molar-refractivity contribution in [3.63, 3.8) is 0 Å². The van der Waals surface area contributed by atoms with Gasteiger partial charge in [-0.2, -0.15) is 0 Å². The predicted molar refractivity (Wildman–Crippen MR) is 197 cm³/mol. The number of esters is 2. The summed E-state index contributed by atoms with van der Waals surface area (Å²) in [6.07, 6.45) is -0.215. The molecule has 5 heterocycles. The molecule has 0 spiro atoms. The van der Waals surface area contributed by atoms with Crippen molar-refractivity contribution >= 4 is 23.4 Å². The molecule has 1 aromatic rings. The molecule has 14 atom stereocenters. The SMILES string of the molecule is CC[C@H]1OC(=O)[C@H](C)[C@H]2OC/C(=N\OCc3cccnc3)CO[C@](C)(C[C@@H](C)C(=O)[C@H](C)[C@@H]3CC(=O)O[C@]13C)[C@H](O[C@@H]1O[C@H](C)C[C@H](N(C)C)[C@H]1O)[C@H]2C.